The van der Waals surface area contributed by atoms with Crippen LogP contribution in [0.5, 0.6) is 0 Å². The lowest BCUT2D eigenvalue weighted by molar-refractivity contribution is -0.137. The number of nitrogens with one attached hydrogen (secondary N) is 1. The van der Waals surface area contributed by atoms with Gasteiger partial charge in [-0.25, -0.2) is 0 Å². The summed E-state index contributed by atoms with van der Waals surface area (Å²) in [6.07, 6.45) is -4.61. The number of amides is 1. The van der Waals surface area contributed by atoms with Gasteiger partial charge in [0, 0.05) is 16.3 Å². The summed E-state index contributed by atoms with van der Waals surface area (Å²) in [5.41, 5.74) is 0.403. The Bertz CT molecular complexity index is 954. The molecule has 0 aliphatic rings. The average Bonchev–Trinajstić information content (AvgIpc) is 2.61. The molecule has 6 heteroatoms. The molecule has 132 valence electrons. The first-order valence-corrected chi connectivity index (χ1v) is 8.06. The van der Waals surface area contributed by atoms with Crippen LogP contribution in [0.25, 0.3) is 11.1 Å². The van der Waals surface area contributed by atoms with E-state index in [1.807, 2.05) is 0 Å². The monoisotopic (exact) mass is 375 g/mol. The maximum absolute atomic E-state index is 13.1. The summed E-state index contributed by atoms with van der Waals surface area (Å²) in [5.74, 6) is -0.826. The normalized spacial score (nSPS) is 11.2. The minimum Gasteiger partial charge on any atom is -0.321 e. The van der Waals surface area contributed by atoms with Crippen LogP contribution in [0.15, 0.2) is 72.8 Å². The van der Waals surface area contributed by atoms with E-state index in [4.69, 9.17) is 11.6 Å². The average molecular weight is 376 g/mol. The molecule has 0 aromatic heterocycles. The van der Waals surface area contributed by atoms with Crippen molar-refractivity contribution in [2.45, 2.75) is 6.18 Å². The van der Waals surface area contributed by atoms with Crippen molar-refractivity contribution in [1.82, 2.24) is 0 Å². The fourth-order valence-corrected chi connectivity index (χ4v) is 2.81. The van der Waals surface area contributed by atoms with Crippen molar-refractivity contribution in [1.29, 1.82) is 0 Å². The molecule has 3 aromatic rings. The summed E-state index contributed by atoms with van der Waals surface area (Å²) in [6.45, 7) is 0. The molecule has 0 saturated carbocycles. The maximum atomic E-state index is 13.1. The topological polar surface area (TPSA) is 29.1 Å². The van der Waals surface area contributed by atoms with E-state index in [1.165, 1.54) is 12.1 Å². The van der Waals surface area contributed by atoms with Crippen LogP contribution in [0.3, 0.4) is 0 Å². The number of carbonyl (C=O) groups is 1. The molecule has 0 bridgehead atoms. The number of benzene rings is 3. The van der Waals surface area contributed by atoms with Gasteiger partial charge < -0.3 is 5.32 Å². The van der Waals surface area contributed by atoms with E-state index in [-0.39, 0.29) is 0 Å². The van der Waals surface area contributed by atoms with Gasteiger partial charge in [-0.2, -0.15) is 13.2 Å². The lowest BCUT2D eigenvalue weighted by atomic mass is 10.0. The molecule has 0 unspecified atom stereocenters. The quantitative estimate of drug-likeness (QED) is 0.573. The van der Waals surface area contributed by atoms with Crippen molar-refractivity contribution in [3.63, 3.8) is 0 Å². The van der Waals surface area contributed by atoms with Gasteiger partial charge >= 0.3 is 6.18 Å². The highest BCUT2D eigenvalue weighted by molar-refractivity contribution is 6.30. The lowest BCUT2D eigenvalue weighted by Gasteiger charge is -2.15. The third kappa shape index (κ3) is 3.89. The van der Waals surface area contributed by atoms with Gasteiger partial charge in [-0.3, -0.25) is 4.79 Å². The number of anilines is 1. The van der Waals surface area contributed by atoms with Gasteiger partial charge in [0.2, 0.25) is 0 Å². The number of halogens is 4. The van der Waals surface area contributed by atoms with Crippen LogP contribution in [0.2, 0.25) is 5.02 Å². The zero-order chi connectivity index (χ0) is 18.7. The Morgan fingerprint density at radius 3 is 2.31 bits per heavy atom. The van der Waals surface area contributed by atoms with Crippen LogP contribution >= 0.6 is 11.6 Å². The highest BCUT2D eigenvalue weighted by Crippen LogP contribution is 2.33. The summed E-state index contributed by atoms with van der Waals surface area (Å²) in [7, 11) is 0. The molecule has 26 heavy (non-hydrogen) atoms. The SMILES string of the molecule is O=C(Nc1ccccc1-c1cccc(Cl)c1)c1ccccc1C(F)(F)F. The summed E-state index contributed by atoms with van der Waals surface area (Å²) in [4.78, 5) is 12.5. The van der Waals surface area contributed by atoms with Crippen molar-refractivity contribution in [2.75, 3.05) is 5.32 Å². The fourth-order valence-electron chi connectivity index (χ4n) is 2.62. The zero-order valence-corrected chi connectivity index (χ0v) is 14.1. The third-order valence-corrected chi connectivity index (χ3v) is 4.02. The first kappa shape index (κ1) is 18.0. The van der Waals surface area contributed by atoms with E-state index in [0.717, 1.165) is 17.7 Å². The van der Waals surface area contributed by atoms with Gasteiger partial charge in [-0.05, 0) is 35.9 Å². The van der Waals surface area contributed by atoms with E-state index in [9.17, 15) is 18.0 Å². The Hall–Kier alpha value is -2.79. The van der Waals surface area contributed by atoms with Gasteiger partial charge in [-0.1, -0.05) is 54.1 Å². The van der Waals surface area contributed by atoms with Crippen molar-refractivity contribution in [3.8, 4) is 11.1 Å². The van der Waals surface area contributed by atoms with Crippen molar-refractivity contribution >= 4 is 23.2 Å². The Kier molecular flexibility index (Phi) is 5.00. The Labute approximate surface area is 153 Å². The van der Waals surface area contributed by atoms with Gasteiger partial charge in [-0.15, -0.1) is 0 Å². The second-order valence-corrected chi connectivity index (χ2v) is 5.99. The largest absolute Gasteiger partial charge is 0.417 e. The molecule has 1 N–H and O–H groups in total. The number of alkyl halides is 3. The molecule has 1 amide bonds. The summed E-state index contributed by atoms with van der Waals surface area (Å²) in [6, 6.07) is 18.5. The lowest BCUT2D eigenvalue weighted by Crippen LogP contribution is -2.18. The van der Waals surface area contributed by atoms with Crippen molar-refractivity contribution < 1.29 is 18.0 Å². The van der Waals surface area contributed by atoms with Gasteiger partial charge in [0.15, 0.2) is 0 Å². The third-order valence-electron chi connectivity index (χ3n) is 3.79. The van der Waals surface area contributed by atoms with Crippen LogP contribution in [-0.4, -0.2) is 5.91 Å². The Morgan fingerprint density at radius 2 is 1.58 bits per heavy atom. The first-order valence-electron chi connectivity index (χ1n) is 7.69. The number of hydrogen-bond acceptors (Lipinski definition) is 1. The molecule has 3 rings (SSSR count). The standard InChI is InChI=1S/C20H13ClF3NO/c21-14-7-5-6-13(12-14)15-8-2-4-11-18(15)25-19(26)16-9-1-3-10-17(16)20(22,23)24/h1-12H,(H,25,26). The molecule has 0 saturated heterocycles. The molecule has 0 aliphatic carbocycles. The maximum Gasteiger partial charge on any atom is 0.417 e. The van der Waals surface area contributed by atoms with E-state index in [0.29, 0.717) is 16.3 Å². The minimum absolute atomic E-state index is 0.400. The molecule has 0 fully saturated rings. The molecule has 0 heterocycles. The highest BCUT2D eigenvalue weighted by Gasteiger charge is 2.34. The predicted molar refractivity (Wildman–Crippen MR) is 96.3 cm³/mol. The van der Waals surface area contributed by atoms with Crippen LogP contribution in [-0.2, 0) is 6.18 Å². The fraction of sp³-hybridized carbons (Fsp3) is 0.0500. The number of carbonyl (C=O) groups excluding carboxylic acids is 1. The second kappa shape index (κ2) is 7.22. The van der Waals surface area contributed by atoms with E-state index in [2.05, 4.69) is 5.32 Å². The van der Waals surface area contributed by atoms with Gasteiger partial charge in [0.25, 0.3) is 5.91 Å². The first-order chi connectivity index (χ1) is 12.4. The number of para-hydroxylation sites is 1. The van der Waals surface area contributed by atoms with Gasteiger partial charge in [0.05, 0.1) is 11.1 Å². The molecule has 0 spiro atoms. The van der Waals surface area contributed by atoms with Crippen LogP contribution in [0.4, 0.5) is 18.9 Å². The minimum atomic E-state index is -4.61. The molecule has 0 aliphatic heterocycles. The second-order valence-electron chi connectivity index (χ2n) is 5.55. The zero-order valence-electron chi connectivity index (χ0n) is 13.3. The van der Waals surface area contributed by atoms with Crippen molar-refractivity contribution in [3.05, 3.63) is 88.9 Å². The Morgan fingerprint density at radius 1 is 0.885 bits per heavy atom. The predicted octanol–water partition coefficient (Wildman–Crippen LogP) is 6.28. The molecular weight excluding hydrogens is 363 g/mol. The Balaban J connectivity index is 1.98. The smallest absolute Gasteiger partial charge is 0.321 e. The highest BCUT2D eigenvalue weighted by atomic mass is 35.5. The van der Waals surface area contributed by atoms with Crippen LogP contribution in [0, 0.1) is 0 Å². The van der Waals surface area contributed by atoms with Crippen LogP contribution < -0.4 is 5.32 Å². The van der Waals surface area contributed by atoms with E-state index >= 15 is 0 Å². The molecule has 0 radical (unpaired) electrons. The number of rotatable bonds is 3. The van der Waals surface area contributed by atoms with Crippen LogP contribution in [0.1, 0.15) is 15.9 Å². The summed E-state index contributed by atoms with van der Waals surface area (Å²) >= 11 is 6.01. The number of hydrogen-bond donors (Lipinski definition) is 1. The van der Waals surface area contributed by atoms with Gasteiger partial charge in [0.1, 0.15) is 0 Å². The molecule has 0 atom stereocenters. The molecule has 3 aromatic carbocycles. The van der Waals surface area contributed by atoms with Crippen molar-refractivity contribution in [2.24, 2.45) is 0 Å². The van der Waals surface area contributed by atoms with E-state index < -0.39 is 23.2 Å². The summed E-state index contributed by atoms with van der Waals surface area (Å²) in [5, 5.41) is 3.09. The van der Waals surface area contributed by atoms with E-state index in [1.54, 1.807) is 48.5 Å². The summed E-state index contributed by atoms with van der Waals surface area (Å²) < 4.78 is 39.4. The molecular formula is C20H13ClF3NO. The molecule has 2 nitrogen and oxygen atoms in total.